The molecule has 1 aliphatic carbocycles. The number of halogens is 1. The van der Waals surface area contributed by atoms with Crippen LogP contribution in [0.4, 0.5) is 4.39 Å². The van der Waals surface area contributed by atoms with E-state index in [0.29, 0.717) is 11.5 Å². The lowest BCUT2D eigenvalue weighted by Crippen LogP contribution is -2.13. The van der Waals surface area contributed by atoms with Crippen molar-refractivity contribution < 1.29 is 4.39 Å². The smallest absolute Gasteiger partial charge is 0.131 e. The Labute approximate surface area is 205 Å². The molecule has 0 amide bonds. The average Bonchev–Trinajstić information content (AvgIpc) is 2.89. The van der Waals surface area contributed by atoms with Gasteiger partial charge in [-0.15, -0.1) is 0 Å². The molecular weight excluding hydrogens is 415 g/mol. The molecule has 0 aliphatic heterocycles. The van der Waals surface area contributed by atoms with Gasteiger partial charge in [-0.3, -0.25) is 0 Å². The first-order valence-corrected chi connectivity index (χ1v) is 13.3. The first-order valence-electron chi connectivity index (χ1n) is 13.3. The second-order valence-electron chi connectivity index (χ2n) is 10.0. The van der Waals surface area contributed by atoms with E-state index < -0.39 is 0 Å². The molecule has 0 atom stereocenters. The van der Waals surface area contributed by atoms with Gasteiger partial charge in [0.05, 0.1) is 0 Å². The van der Waals surface area contributed by atoms with Crippen molar-refractivity contribution in [2.24, 2.45) is 5.92 Å². The molecule has 1 saturated carbocycles. The summed E-state index contributed by atoms with van der Waals surface area (Å²) in [7, 11) is 0. The summed E-state index contributed by atoms with van der Waals surface area (Å²) in [6.07, 6.45) is 15.7. The Kier molecular flexibility index (Phi) is 8.74. The normalized spacial score (nSPS) is 18.4. The predicted molar refractivity (Wildman–Crippen MR) is 145 cm³/mol. The second kappa shape index (κ2) is 12.2. The molecule has 0 aromatic heterocycles. The van der Waals surface area contributed by atoms with Gasteiger partial charge < -0.3 is 0 Å². The van der Waals surface area contributed by atoms with Crippen molar-refractivity contribution in [3.05, 3.63) is 94.8 Å². The molecule has 34 heavy (non-hydrogen) atoms. The van der Waals surface area contributed by atoms with Gasteiger partial charge in [0.2, 0.25) is 0 Å². The lowest BCUT2D eigenvalue weighted by atomic mass is 9.77. The van der Waals surface area contributed by atoms with Gasteiger partial charge in [-0.2, -0.15) is 0 Å². The van der Waals surface area contributed by atoms with E-state index in [4.69, 9.17) is 0 Å². The van der Waals surface area contributed by atoms with E-state index in [1.807, 2.05) is 18.2 Å². The van der Waals surface area contributed by atoms with E-state index in [2.05, 4.69) is 68.5 Å². The zero-order valence-electron chi connectivity index (χ0n) is 20.9. The first kappa shape index (κ1) is 24.5. The summed E-state index contributed by atoms with van der Waals surface area (Å²) < 4.78 is 15.1. The topological polar surface area (TPSA) is 0 Å². The summed E-state index contributed by atoms with van der Waals surface area (Å²) in [5, 5.41) is 0. The van der Waals surface area contributed by atoms with Crippen LogP contribution in [0.3, 0.4) is 0 Å². The van der Waals surface area contributed by atoms with Crippen LogP contribution in [0.2, 0.25) is 0 Å². The maximum atomic E-state index is 15.1. The highest BCUT2D eigenvalue weighted by molar-refractivity contribution is 5.72. The molecule has 0 radical (unpaired) electrons. The van der Waals surface area contributed by atoms with Crippen LogP contribution in [-0.4, -0.2) is 0 Å². The summed E-state index contributed by atoms with van der Waals surface area (Å²) >= 11 is 0. The minimum Gasteiger partial charge on any atom is -0.206 e. The molecule has 3 aromatic carbocycles. The lowest BCUT2D eigenvalue weighted by Gasteiger charge is -2.29. The van der Waals surface area contributed by atoms with Crippen LogP contribution >= 0.6 is 0 Å². The number of hydrogen-bond acceptors (Lipinski definition) is 0. The molecule has 0 nitrogen and oxygen atoms in total. The van der Waals surface area contributed by atoms with Gasteiger partial charge in [0.25, 0.3) is 0 Å². The summed E-state index contributed by atoms with van der Waals surface area (Å²) in [6.45, 7) is 4.44. The fourth-order valence-corrected chi connectivity index (χ4v) is 5.32. The Morgan fingerprint density at radius 2 is 1.41 bits per heavy atom. The van der Waals surface area contributed by atoms with E-state index in [1.54, 1.807) is 6.07 Å². The molecule has 3 aromatic rings. The third-order valence-corrected chi connectivity index (χ3v) is 7.61. The minimum atomic E-state index is -0.0955. The van der Waals surface area contributed by atoms with Gasteiger partial charge in [0, 0.05) is 5.56 Å². The third-order valence-electron chi connectivity index (χ3n) is 7.61. The van der Waals surface area contributed by atoms with Crippen LogP contribution in [0, 0.1) is 11.7 Å². The van der Waals surface area contributed by atoms with Crippen LogP contribution < -0.4 is 0 Å². The van der Waals surface area contributed by atoms with Gasteiger partial charge in [0.15, 0.2) is 0 Å². The number of unbranched alkanes of at least 4 members (excludes halogenated alkanes) is 2. The van der Waals surface area contributed by atoms with Crippen LogP contribution in [0.1, 0.15) is 93.4 Å². The van der Waals surface area contributed by atoms with E-state index in [0.717, 1.165) is 23.5 Å². The van der Waals surface area contributed by atoms with Gasteiger partial charge in [-0.05, 0) is 77.8 Å². The van der Waals surface area contributed by atoms with Crippen molar-refractivity contribution >= 4 is 12.2 Å². The Balaban J connectivity index is 1.36. The van der Waals surface area contributed by atoms with Gasteiger partial charge in [0.1, 0.15) is 5.82 Å². The Bertz CT molecular complexity index is 1050. The van der Waals surface area contributed by atoms with E-state index >= 15 is 4.39 Å². The Morgan fingerprint density at radius 1 is 0.765 bits per heavy atom. The van der Waals surface area contributed by atoms with E-state index in [9.17, 15) is 0 Å². The first-order chi connectivity index (χ1) is 16.7. The van der Waals surface area contributed by atoms with Crippen LogP contribution in [0.25, 0.3) is 23.3 Å². The fraction of sp³-hybridized carbons (Fsp3) is 0.394. The number of aryl methyl sites for hydroxylation is 1. The molecule has 0 spiro atoms. The molecular formula is C33H39F. The van der Waals surface area contributed by atoms with Crippen molar-refractivity contribution in [1.29, 1.82) is 0 Å². The van der Waals surface area contributed by atoms with Crippen molar-refractivity contribution in [2.75, 3.05) is 0 Å². The molecule has 0 bridgehead atoms. The molecule has 1 fully saturated rings. The van der Waals surface area contributed by atoms with Gasteiger partial charge in [-0.1, -0.05) is 112 Å². The standard InChI is InChI=1S/C33H39F/c1-3-5-6-7-26-14-18-29(19-15-26)31-22-23-32(33(34)24-31)30-20-16-28(17-21-30)13-12-27-10-8-25(4-2)9-11-27/h8-13,16-17,20-24,26,29H,3-7,14-15,18-19H2,1-2H3/b13-12+/t26-,29-. The Morgan fingerprint density at radius 3 is 2.00 bits per heavy atom. The predicted octanol–water partition coefficient (Wildman–Crippen LogP) is 10.1. The molecule has 1 heteroatoms. The molecule has 0 N–H and O–H groups in total. The van der Waals surface area contributed by atoms with Gasteiger partial charge in [-0.25, -0.2) is 4.39 Å². The van der Waals surface area contributed by atoms with E-state index in [-0.39, 0.29) is 5.82 Å². The molecule has 0 heterocycles. The highest BCUT2D eigenvalue weighted by Gasteiger charge is 2.22. The summed E-state index contributed by atoms with van der Waals surface area (Å²) in [5.74, 6) is 1.31. The average molecular weight is 455 g/mol. The molecule has 0 unspecified atom stereocenters. The monoisotopic (exact) mass is 454 g/mol. The maximum Gasteiger partial charge on any atom is 0.131 e. The SMILES string of the molecule is CCCCC[C@H]1CC[C@H](c2ccc(-c3ccc(/C=C/c4ccc(CC)cc4)cc3)c(F)c2)CC1. The van der Waals surface area contributed by atoms with Crippen LogP contribution in [0.5, 0.6) is 0 Å². The van der Waals surface area contributed by atoms with Gasteiger partial charge >= 0.3 is 0 Å². The maximum absolute atomic E-state index is 15.1. The third kappa shape index (κ3) is 6.47. The van der Waals surface area contributed by atoms with E-state index in [1.165, 1.54) is 68.1 Å². The molecule has 178 valence electrons. The zero-order chi connectivity index (χ0) is 23.8. The summed E-state index contributed by atoms with van der Waals surface area (Å²) in [4.78, 5) is 0. The highest BCUT2D eigenvalue weighted by atomic mass is 19.1. The molecule has 1 aliphatic rings. The summed E-state index contributed by atoms with van der Waals surface area (Å²) in [5.41, 5.74) is 6.48. The van der Waals surface area contributed by atoms with Crippen molar-refractivity contribution in [1.82, 2.24) is 0 Å². The largest absolute Gasteiger partial charge is 0.206 e. The lowest BCUT2D eigenvalue weighted by molar-refractivity contribution is 0.302. The van der Waals surface area contributed by atoms with Crippen molar-refractivity contribution in [2.45, 2.75) is 77.6 Å². The van der Waals surface area contributed by atoms with Crippen molar-refractivity contribution in [3.63, 3.8) is 0 Å². The summed E-state index contributed by atoms with van der Waals surface area (Å²) in [6, 6.07) is 22.8. The number of rotatable bonds is 9. The quantitative estimate of drug-likeness (QED) is 0.223. The number of hydrogen-bond donors (Lipinski definition) is 0. The fourth-order valence-electron chi connectivity index (χ4n) is 5.32. The zero-order valence-corrected chi connectivity index (χ0v) is 20.9. The number of benzene rings is 3. The van der Waals surface area contributed by atoms with Crippen LogP contribution in [0.15, 0.2) is 66.7 Å². The minimum absolute atomic E-state index is 0.0955. The highest BCUT2D eigenvalue weighted by Crippen LogP contribution is 2.39. The molecule has 0 saturated heterocycles. The Hall–Kier alpha value is -2.67. The van der Waals surface area contributed by atoms with Crippen molar-refractivity contribution in [3.8, 4) is 11.1 Å². The molecule has 4 rings (SSSR count). The van der Waals surface area contributed by atoms with Crippen LogP contribution in [-0.2, 0) is 6.42 Å². The second-order valence-corrected chi connectivity index (χ2v) is 10.0.